The van der Waals surface area contributed by atoms with Gasteiger partial charge in [0.25, 0.3) is 0 Å². The van der Waals surface area contributed by atoms with Crippen LogP contribution in [0.4, 0.5) is 5.69 Å². The lowest BCUT2D eigenvalue weighted by atomic mass is 9.51. The number of aliphatic hydroxyl groups is 5. The normalized spacial score (nSPS) is 34.6. The van der Waals surface area contributed by atoms with Crippen LogP contribution in [0.1, 0.15) is 73.7 Å². The van der Waals surface area contributed by atoms with E-state index in [2.05, 4.69) is 5.32 Å². The molecule has 20 heteroatoms. The van der Waals surface area contributed by atoms with Gasteiger partial charge in [-0.15, -0.1) is 0 Å². The van der Waals surface area contributed by atoms with Gasteiger partial charge in [-0.25, -0.2) is 9.59 Å². The van der Waals surface area contributed by atoms with E-state index in [4.69, 9.17) is 35.0 Å². The third-order valence-corrected chi connectivity index (χ3v) is 13.1. The molecule has 19 nitrogen and oxygen atoms in total. The molecule has 11 atom stereocenters. The fourth-order valence-corrected chi connectivity index (χ4v) is 10.0. The van der Waals surface area contributed by atoms with Gasteiger partial charge in [-0.3, -0.25) is 14.4 Å². The minimum absolute atomic E-state index is 0.0197. The number of benzene rings is 2. The Bertz CT molecular complexity index is 2790. The van der Waals surface area contributed by atoms with E-state index in [9.17, 15) is 64.8 Å². The Kier molecular flexibility index (Phi) is 11.5. The fourth-order valence-electron chi connectivity index (χ4n) is 9.80. The summed E-state index contributed by atoms with van der Waals surface area (Å²) < 4.78 is 28.3. The van der Waals surface area contributed by atoms with Crippen molar-refractivity contribution >= 4 is 51.9 Å². The lowest BCUT2D eigenvalue weighted by Crippen LogP contribution is -2.76. The highest BCUT2D eigenvalue weighted by molar-refractivity contribution is 6.36. The predicted molar refractivity (Wildman–Crippen MR) is 228 cm³/mol. The number of phenols is 2. The molecule has 3 heterocycles. The highest BCUT2D eigenvalue weighted by Gasteiger charge is 2.94. The monoisotopic (exact) mass is 933 g/mol. The Labute approximate surface area is 378 Å². The van der Waals surface area contributed by atoms with Gasteiger partial charge in [-0.05, 0) is 32.1 Å². The first-order valence-corrected chi connectivity index (χ1v) is 20.9. The van der Waals surface area contributed by atoms with Crippen LogP contribution in [-0.2, 0) is 33.3 Å². The van der Waals surface area contributed by atoms with Crippen LogP contribution in [0, 0.1) is 0 Å². The molecule has 348 valence electrons. The second-order valence-corrected chi connectivity index (χ2v) is 17.5. The first-order valence-electron chi connectivity index (χ1n) is 20.6. The lowest BCUT2D eigenvalue weighted by molar-refractivity contribution is -0.212. The zero-order valence-electron chi connectivity index (χ0n) is 35.2. The number of amides is 1. The molecule has 3 fully saturated rings. The summed E-state index contributed by atoms with van der Waals surface area (Å²) in [6, 6.07) is 5.04. The summed E-state index contributed by atoms with van der Waals surface area (Å²) >= 11 is 5.94. The number of allylic oxidation sites excluding steroid dienone is 6. The minimum Gasteiger partial charge on any atom is -0.507 e. The summed E-state index contributed by atoms with van der Waals surface area (Å²) in [6.45, 7) is 4.09. The zero-order valence-corrected chi connectivity index (χ0v) is 36.0. The highest BCUT2D eigenvalue weighted by Crippen LogP contribution is 2.74. The average Bonchev–Trinajstić information content (AvgIpc) is 3.98. The number of hydrogen-bond donors (Lipinski definition) is 9. The molecule has 8 rings (SSSR count). The SMILES string of the molecule is CC(=O)OC1C(C)OC(c2ccc3c(c2O)C(O)C24OC2(C3=O)C2(O)C=CC(C)(O)CC2(O)CC4O)CC1OC(=O)C=CC=CC=CC=CC(=O)Nc1c(O)c2ccc(O)c(Cl)c2oc1=O. The van der Waals surface area contributed by atoms with Crippen LogP contribution in [0.2, 0.25) is 5.02 Å². The molecule has 1 amide bonds. The van der Waals surface area contributed by atoms with Gasteiger partial charge in [-0.1, -0.05) is 66.3 Å². The topological polar surface area (TPSA) is 313 Å². The summed E-state index contributed by atoms with van der Waals surface area (Å²) in [5.74, 6) is -4.87. The minimum atomic E-state index is -2.49. The Morgan fingerprint density at radius 1 is 0.909 bits per heavy atom. The number of hydrogen-bond acceptors (Lipinski definition) is 18. The Hall–Kier alpha value is -6.16. The van der Waals surface area contributed by atoms with E-state index >= 15 is 0 Å². The molecule has 2 aromatic carbocycles. The smallest absolute Gasteiger partial charge is 0.364 e. The fraction of sp³-hybridized carbons (Fsp3) is 0.370. The number of phenolic OH excluding ortho intramolecular Hbond substituents is 2. The number of fused-ring (bicyclic) bond motifs is 3. The van der Waals surface area contributed by atoms with E-state index in [1.807, 2.05) is 0 Å². The van der Waals surface area contributed by atoms with Crippen LogP contribution in [-0.4, -0.2) is 117 Å². The second-order valence-electron chi connectivity index (χ2n) is 17.1. The molecule has 5 aliphatic rings. The Morgan fingerprint density at radius 3 is 2.29 bits per heavy atom. The molecule has 1 aromatic heterocycles. The van der Waals surface area contributed by atoms with Gasteiger partial charge in [-0.2, -0.15) is 0 Å². The van der Waals surface area contributed by atoms with Crippen molar-refractivity contribution < 1.29 is 83.4 Å². The van der Waals surface area contributed by atoms with E-state index in [-0.39, 0.29) is 44.9 Å². The van der Waals surface area contributed by atoms with Gasteiger partial charge in [0.05, 0.1) is 29.3 Å². The van der Waals surface area contributed by atoms with Crippen molar-refractivity contribution in [2.45, 2.75) is 105 Å². The van der Waals surface area contributed by atoms with Crippen LogP contribution >= 0.6 is 11.6 Å². The maximum absolute atomic E-state index is 14.4. The van der Waals surface area contributed by atoms with Crippen LogP contribution in [0.25, 0.3) is 11.0 Å². The van der Waals surface area contributed by atoms with Gasteiger partial charge in [0.2, 0.25) is 17.3 Å². The summed E-state index contributed by atoms with van der Waals surface area (Å²) in [6.07, 6.45) is 3.78. The van der Waals surface area contributed by atoms with Gasteiger partial charge in [0.15, 0.2) is 34.3 Å². The van der Waals surface area contributed by atoms with E-state index in [0.29, 0.717) is 0 Å². The molecule has 1 saturated carbocycles. The Morgan fingerprint density at radius 2 is 1.59 bits per heavy atom. The van der Waals surface area contributed by atoms with Crippen LogP contribution in [0.15, 0.2) is 94.2 Å². The number of ether oxygens (including phenoxy) is 4. The Balaban J connectivity index is 0.939. The predicted octanol–water partition coefficient (Wildman–Crippen LogP) is 2.80. The van der Waals surface area contributed by atoms with Crippen molar-refractivity contribution in [2.24, 2.45) is 0 Å². The maximum Gasteiger partial charge on any atom is 0.364 e. The standard InChI is InChI=1S/C46H44ClNO18/c1-21-37(63-22(2)49)28(64-31(53)11-9-7-5-4-6-8-10-30(52)48-34-36(55)25-14-15-26(50)33(47)38(25)65-41(34)58)18-27(62-21)23-12-13-24-32(35(23)54)40(57)45-29(51)19-43(60)20-42(3,59)16-17-44(43,61)46(45,66-45)39(24)56/h4-17,21,27-29,37,40,50-51,54-55,57,59-61H,18-20H2,1-3H3,(H,48,52). The van der Waals surface area contributed by atoms with Crippen LogP contribution in [0.3, 0.4) is 0 Å². The van der Waals surface area contributed by atoms with Crippen molar-refractivity contribution in [1.29, 1.82) is 0 Å². The molecular weight excluding hydrogens is 890 g/mol. The number of Topliss-reactive ketones (excluding diaryl/α,β-unsaturated/α-hetero) is 1. The number of carbonyl (C=O) groups excluding carboxylic acids is 4. The number of halogens is 1. The van der Waals surface area contributed by atoms with Gasteiger partial charge in [0, 0.05) is 55.0 Å². The third-order valence-electron chi connectivity index (χ3n) is 12.8. The number of anilines is 1. The van der Waals surface area contributed by atoms with E-state index < -0.39 is 124 Å². The first-order chi connectivity index (χ1) is 31.0. The number of esters is 2. The molecule has 2 aliphatic heterocycles. The summed E-state index contributed by atoms with van der Waals surface area (Å²) in [7, 11) is 0. The average molecular weight is 934 g/mol. The quantitative estimate of drug-likeness (QED) is 0.0372. The van der Waals surface area contributed by atoms with E-state index in [1.165, 1.54) is 73.7 Å². The van der Waals surface area contributed by atoms with E-state index in [1.54, 1.807) is 6.92 Å². The van der Waals surface area contributed by atoms with Crippen molar-refractivity contribution in [3.8, 4) is 17.2 Å². The number of aliphatic hydroxyl groups excluding tert-OH is 2. The number of rotatable bonds is 9. The number of ketones is 1. The molecule has 0 bridgehead atoms. The molecule has 11 unspecified atom stereocenters. The molecular formula is C46H44ClNO18. The molecule has 2 saturated heterocycles. The largest absolute Gasteiger partial charge is 0.507 e. The molecule has 0 radical (unpaired) electrons. The number of nitrogens with one attached hydrogen (secondary N) is 1. The molecule has 9 N–H and O–H groups in total. The summed E-state index contributed by atoms with van der Waals surface area (Å²) in [5, 5.41) is 91.7. The molecule has 3 aliphatic carbocycles. The van der Waals surface area contributed by atoms with E-state index in [0.717, 1.165) is 25.2 Å². The van der Waals surface area contributed by atoms with Gasteiger partial charge in [0.1, 0.15) is 34.3 Å². The molecule has 0 spiro atoms. The van der Waals surface area contributed by atoms with Gasteiger partial charge >= 0.3 is 17.6 Å². The molecule has 66 heavy (non-hydrogen) atoms. The molecule has 3 aromatic rings. The summed E-state index contributed by atoms with van der Waals surface area (Å²) in [4.78, 5) is 64.3. The first kappa shape index (κ1) is 46.4. The number of aromatic hydroxyl groups is 3. The van der Waals surface area contributed by atoms with Crippen molar-refractivity contribution in [1.82, 2.24) is 0 Å². The van der Waals surface area contributed by atoms with Crippen molar-refractivity contribution in [3.63, 3.8) is 0 Å². The third kappa shape index (κ3) is 7.13. The number of epoxide rings is 1. The zero-order chi connectivity index (χ0) is 47.9. The second kappa shape index (κ2) is 16.3. The summed E-state index contributed by atoms with van der Waals surface area (Å²) in [5.41, 5.74) is -13.4. The number of carbonyl (C=O) groups is 4. The van der Waals surface area contributed by atoms with Crippen LogP contribution in [0.5, 0.6) is 17.2 Å². The van der Waals surface area contributed by atoms with Crippen molar-refractivity contribution in [3.05, 3.63) is 117 Å². The van der Waals surface area contributed by atoms with Crippen molar-refractivity contribution in [2.75, 3.05) is 5.32 Å². The highest BCUT2D eigenvalue weighted by atomic mass is 35.5. The van der Waals surface area contributed by atoms with Crippen LogP contribution < -0.4 is 10.9 Å². The lowest BCUT2D eigenvalue weighted by Gasteiger charge is -2.56. The van der Waals surface area contributed by atoms with Gasteiger partial charge < -0.3 is 69.5 Å². The maximum atomic E-state index is 14.4.